The Bertz CT molecular complexity index is 687. The van der Waals surface area contributed by atoms with Gasteiger partial charge in [-0.3, -0.25) is 14.9 Å². The third-order valence-corrected chi connectivity index (χ3v) is 3.72. The molecule has 0 aliphatic carbocycles. The van der Waals surface area contributed by atoms with E-state index in [9.17, 15) is 14.9 Å². The molecular weight excluding hydrogens is 350 g/mol. The first-order valence-corrected chi connectivity index (χ1v) is 8.93. The van der Waals surface area contributed by atoms with Crippen molar-refractivity contribution in [1.29, 1.82) is 5.26 Å². The molecule has 0 saturated carbocycles. The number of carbonyl (C=O) groups is 1. The van der Waals surface area contributed by atoms with Gasteiger partial charge in [0.05, 0.1) is 4.92 Å². The number of phenolic OH excluding ortho intramolecular Hbond substituents is 2. The molecule has 1 saturated heterocycles. The number of benzene rings is 1. The Morgan fingerprint density at radius 1 is 1.22 bits per heavy atom. The van der Waals surface area contributed by atoms with Gasteiger partial charge in [-0.05, 0) is 25.8 Å². The number of nitriles is 1. The summed E-state index contributed by atoms with van der Waals surface area (Å²) in [5.74, 6) is -1.28. The number of likely N-dealkylation sites (tertiary alicyclic amines) is 1. The normalized spacial score (nSPS) is 13.7. The zero-order valence-corrected chi connectivity index (χ0v) is 16.0. The van der Waals surface area contributed by atoms with Gasteiger partial charge >= 0.3 is 5.69 Å². The highest BCUT2D eigenvalue weighted by molar-refractivity contribution is 5.97. The summed E-state index contributed by atoms with van der Waals surface area (Å²) in [5.41, 5.74) is -0.225. The summed E-state index contributed by atoms with van der Waals surface area (Å²) in [4.78, 5) is 22.9. The number of hydrogen-bond acceptors (Lipinski definition) is 6. The van der Waals surface area contributed by atoms with Crippen molar-refractivity contribution in [2.75, 3.05) is 13.1 Å². The van der Waals surface area contributed by atoms with Crippen LogP contribution in [0.15, 0.2) is 29.8 Å². The topological polar surface area (TPSA) is 128 Å². The van der Waals surface area contributed by atoms with Crippen LogP contribution in [-0.2, 0) is 4.79 Å². The van der Waals surface area contributed by atoms with E-state index in [2.05, 4.69) is 0 Å². The van der Waals surface area contributed by atoms with Crippen LogP contribution in [0.4, 0.5) is 5.69 Å². The van der Waals surface area contributed by atoms with Crippen LogP contribution < -0.4 is 0 Å². The number of rotatable bonds is 2. The molecule has 2 N–H and O–H groups in total. The molecule has 8 nitrogen and oxygen atoms in total. The molecule has 2 rings (SSSR count). The number of nitro groups is 1. The summed E-state index contributed by atoms with van der Waals surface area (Å²) in [6.45, 7) is 7.34. The van der Waals surface area contributed by atoms with Gasteiger partial charge in [-0.25, -0.2) is 0 Å². The number of amides is 1. The molecule has 1 aromatic carbocycles. The number of para-hydroxylation sites is 1. The van der Waals surface area contributed by atoms with Crippen LogP contribution in [0.25, 0.3) is 0 Å². The van der Waals surface area contributed by atoms with Gasteiger partial charge in [-0.2, -0.15) is 5.26 Å². The highest BCUT2D eigenvalue weighted by Crippen LogP contribution is 2.33. The fourth-order valence-corrected chi connectivity index (χ4v) is 2.35. The molecule has 1 amide bonds. The number of phenols is 2. The Balaban J connectivity index is 0.000000469. The minimum atomic E-state index is -0.769. The van der Waals surface area contributed by atoms with E-state index >= 15 is 0 Å². The molecule has 1 fully saturated rings. The highest BCUT2D eigenvalue weighted by atomic mass is 16.6. The molecule has 1 aliphatic rings. The standard InChI is InChI=1S/C11H16N2O.C6H5NO4.C2H6/c1-2-10(9-12)11(14)13-7-5-3-4-6-8-13;8-5-3-1-2-4(6(5)9)7(10)11;1-2/h2H,3-8H2,1H3;1-3,8-9H;1-2H3/b10-2+;;. The van der Waals surface area contributed by atoms with E-state index in [0.717, 1.165) is 32.0 Å². The Hall–Kier alpha value is -3.08. The largest absolute Gasteiger partial charge is 0.504 e. The first kappa shape index (κ1) is 23.9. The van der Waals surface area contributed by atoms with Gasteiger partial charge in [-0.15, -0.1) is 0 Å². The van der Waals surface area contributed by atoms with Crippen molar-refractivity contribution in [3.8, 4) is 17.6 Å². The van der Waals surface area contributed by atoms with Gasteiger partial charge in [0.2, 0.25) is 5.75 Å². The van der Waals surface area contributed by atoms with E-state index in [0.29, 0.717) is 0 Å². The smallest absolute Gasteiger partial charge is 0.314 e. The van der Waals surface area contributed by atoms with Crippen molar-refractivity contribution in [2.45, 2.75) is 46.5 Å². The maximum Gasteiger partial charge on any atom is 0.314 e. The van der Waals surface area contributed by atoms with E-state index in [4.69, 9.17) is 15.5 Å². The summed E-state index contributed by atoms with van der Waals surface area (Å²) in [5, 5.41) is 36.5. The van der Waals surface area contributed by atoms with Crippen LogP contribution in [-0.4, -0.2) is 39.0 Å². The molecule has 0 aromatic heterocycles. The second-order valence-corrected chi connectivity index (χ2v) is 5.42. The summed E-state index contributed by atoms with van der Waals surface area (Å²) in [7, 11) is 0. The maximum absolute atomic E-state index is 11.7. The summed E-state index contributed by atoms with van der Waals surface area (Å²) in [6, 6.07) is 5.50. The second kappa shape index (κ2) is 13.2. The van der Waals surface area contributed by atoms with Crippen LogP contribution in [0.5, 0.6) is 11.5 Å². The van der Waals surface area contributed by atoms with Crippen molar-refractivity contribution in [3.05, 3.63) is 40.0 Å². The van der Waals surface area contributed by atoms with Crippen molar-refractivity contribution in [3.63, 3.8) is 0 Å². The zero-order chi connectivity index (χ0) is 20.8. The van der Waals surface area contributed by atoms with Crippen LogP contribution in [0.3, 0.4) is 0 Å². The predicted octanol–water partition coefficient (Wildman–Crippen LogP) is 3.89. The molecule has 148 valence electrons. The highest BCUT2D eigenvalue weighted by Gasteiger charge is 2.18. The van der Waals surface area contributed by atoms with E-state index in [1.165, 1.54) is 25.0 Å². The molecule has 0 spiro atoms. The van der Waals surface area contributed by atoms with Gasteiger partial charge < -0.3 is 15.1 Å². The minimum absolute atomic E-state index is 0.100. The third-order valence-electron chi connectivity index (χ3n) is 3.72. The number of carbonyl (C=O) groups excluding carboxylic acids is 1. The van der Waals surface area contributed by atoms with Gasteiger partial charge in [0.25, 0.3) is 5.91 Å². The molecule has 1 aromatic rings. The van der Waals surface area contributed by atoms with E-state index < -0.39 is 22.1 Å². The maximum atomic E-state index is 11.7. The number of hydrogen-bond donors (Lipinski definition) is 2. The summed E-state index contributed by atoms with van der Waals surface area (Å²) >= 11 is 0. The lowest BCUT2D eigenvalue weighted by Crippen LogP contribution is -2.32. The molecule has 0 unspecified atom stereocenters. The van der Waals surface area contributed by atoms with Gasteiger partial charge in [0.1, 0.15) is 11.6 Å². The number of aromatic hydroxyl groups is 2. The molecule has 0 bridgehead atoms. The first-order chi connectivity index (χ1) is 12.9. The lowest BCUT2D eigenvalue weighted by atomic mass is 10.2. The Morgan fingerprint density at radius 3 is 2.19 bits per heavy atom. The lowest BCUT2D eigenvalue weighted by Gasteiger charge is -2.19. The average molecular weight is 377 g/mol. The van der Waals surface area contributed by atoms with Gasteiger partial charge in [-0.1, -0.05) is 38.8 Å². The average Bonchev–Trinajstić information content (AvgIpc) is 2.96. The zero-order valence-electron chi connectivity index (χ0n) is 16.0. The van der Waals surface area contributed by atoms with Crippen LogP contribution in [0.1, 0.15) is 46.5 Å². The molecule has 1 heterocycles. The van der Waals surface area contributed by atoms with Gasteiger partial charge in [0.15, 0.2) is 5.75 Å². The van der Waals surface area contributed by atoms with E-state index in [1.807, 2.05) is 19.9 Å². The number of nitro benzene ring substituents is 1. The van der Waals surface area contributed by atoms with Crippen molar-refractivity contribution in [1.82, 2.24) is 4.90 Å². The van der Waals surface area contributed by atoms with Crippen LogP contribution >= 0.6 is 0 Å². The Morgan fingerprint density at radius 2 is 1.78 bits per heavy atom. The molecule has 0 atom stereocenters. The summed E-state index contributed by atoms with van der Waals surface area (Å²) in [6.07, 6.45) is 6.11. The quantitative estimate of drug-likeness (QED) is 0.264. The van der Waals surface area contributed by atoms with Crippen molar-refractivity contribution >= 4 is 11.6 Å². The van der Waals surface area contributed by atoms with Crippen LogP contribution in [0.2, 0.25) is 0 Å². The fourth-order valence-electron chi connectivity index (χ4n) is 2.35. The van der Waals surface area contributed by atoms with E-state index in [-0.39, 0.29) is 11.5 Å². The van der Waals surface area contributed by atoms with Crippen molar-refractivity contribution < 1.29 is 19.9 Å². The monoisotopic (exact) mass is 377 g/mol. The Kier molecular flexibility index (Phi) is 11.7. The Labute approximate surface area is 159 Å². The first-order valence-electron chi connectivity index (χ1n) is 8.93. The fraction of sp³-hybridized carbons (Fsp3) is 0.474. The molecule has 1 aliphatic heterocycles. The molecule has 27 heavy (non-hydrogen) atoms. The SMILES string of the molecule is C/C=C(\C#N)C(=O)N1CCCCCC1.CC.O=[N+]([O-])c1cccc(O)c1O. The lowest BCUT2D eigenvalue weighted by molar-refractivity contribution is -0.386. The van der Waals surface area contributed by atoms with E-state index in [1.54, 1.807) is 17.9 Å². The number of nitrogens with zero attached hydrogens (tertiary/aromatic N) is 3. The summed E-state index contributed by atoms with van der Waals surface area (Å²) < 4.78 is 0. The third kappa shape index (κ3) is 7.77. The predicted molar refractivity (Wildman–Crippen MR) is 102 cm³/mol. The molecule has 0 radical (unpaired) electrons. The number of allylic oxidation sites excluding steroid dienone is 1. The van der Waals surface area contributed by atoms with Crippen molar-refractivity contribution in [2.24, 2.45) is 0 Å². The van der Waals surface area contributed by atoms with Crippen LogP contribution in [0, 0.1) is 21.4 Å². The molecule has 8 heteroatoms. The molecular formula is C19H27N3O5. The minimum Gasteiger partial charge on any atom is -0.504 e. The second-order valence-electron chi connectivity index (χ2n) is 5.42. The van der Waals surface area contributed by atoms with Gasteiger partial charge in [0, 0.05) is 19.2 Å².